The van der Waals surface area contributed by atoms with Crippen molar-refractivity contribution in [2.75, 3.05) is 0 Å². The van der Waals surface area contributed by atoms with Gasteiger partial charge >= 0.3 is 12.1 Å². The number of hydrogen-bond acceptors (Lipinski definition) is 2. The van der Waals surface area contributed by atoms with Crippen LogP contribution in [0.25, 0.3) is 0 Å². The number of carbonyl (C=O) groups is 1. The topological polar surface area (TPSA) is 57.5 Å². The number of aliphatic hydroxyl groups is 1. The van der Waals surface area contributed by atoms with Crippen LogP contribution in [0.15, 0.2) is 0 Å². The predicted molar refractivity (Wildman–Crippen MR) is 49.8 cm³/mol. The molecule has 0 heterocycles. The Balaban J connectivity index is 2.35. The Morgan fingerprint density at radius 1 is 1.25 bits per heavy atom. The SMILES string of the molecule is O=C(O)C(O)CC1CCC(C(F)(F)F)CC1. The lowest BCUT2D eigenvalue weighted by molar-refractivity contribution is -0.184. The molecule has 1 saturated carbocycles. The molecule has 0 spiro atoms. The van der Waals surface area contributed by atoms with Gasteiger partial charge in [-0.05, 0) is 38.0 Å². The van der Waals surface area contributed by atoms with Gasteiger partial charge in [-0.1, -0.05) is 0 Å². The number of alkyl halides is 3. The minimum Gasteiger partial charge on any atom is -0.479 e. The molecule has 1 aliphatic rings. The van der Waals surface area contributed by atoms with Crippen LogP contribution in [-0.2, 0) is 4.79 Å². The molecule has 0 radical (unpaired) electrons. The molecule has 0 saturated heterocycles. The van der Waals surface area contributed by atoms with E-state index in [9.17, 15) is 18.0 Å². The smallest absolute Gasteiger partial charge is 0.391 e. The standard InChI is InChI=1S/C10H15F3O3/c11-10(12,13)7-3-1-6(2-4-7)5-8(14)9(15)16/h6-8,14H,1-5H2,(H,15,16). The molecule has 1 rings (SSSR count). The number of aliphatic carboxylic acids is 1. The highest BCUT2D eigenvalue weighted by Gasteiger charge is 2.41. The third-order valence-corrected chi connectivity index (χ3v) is 3.15. The number of hydrogen-bond donors (Lipinski definition) is 2. The molecule has 0 aromatic carbocycles. The van der Waals surface area contributed by atoms with E-state index in [0.717, 1.165) is 0 Å². The minimum absolute atomic E-state index is 0.0422. The number of rotatable bonds is 3. The lowest BCUT2D eigenvalue weighted by Crippen LogP contribution is -2.30. The molecule has 0 aromatic rings. The van der Waals surface area contributed by atoms with Gasteiger partial charge in [0, 0.05) is 0 Å². The van der Waals surface area contributed by atoms with Gasteiger partial charge < -0.3 is 10.2 Å². The van der Waals surface area contributed by atoms with E-state index in [-0.39, 0.29) is 25.2 Å². The molecule has 3 nitrogen and oxygen atoms in total. The third kappa shape index (κ3) is 3.66. The van der Waals surface area contributed by atoms with Crippen LogP contribution >= 0.6 is 0 Å². The summed E-state index contributed by atoms with van der Waals surface area (Å²) in [6.45, 7) is 0. The number of aliphatic hydroxyl groups excluding tert-OH is 1. The maximum Gasteiger partial charge on any atom is 0.391 e. The average molecular weight is 240 g/mol. The van der Waals surface area contributed by atoms with E-state index in [2.05, 4.69) is 0 Å². The van der Waals surface area contributed by atoms with Crippen LogP contribution in [0.5, 0.6) is 0 Å². The predicted octanol–water partition coefficient (Wildman–Crippen LogP) is 2.19. The molecule has 2 N–H and O–H groups in total. The van der Waals surface area contributed by atoms with Crippen LogP contribution in [0.2, 0.25) is 0 Å². The zero-order chi connectivity index (χ0) is 12.3. The number of halogens is 3. The Morgan fingerprint density at radius 3 is 2.12 bits per heavy atom. The highest BCUT2D eigenvalue weighted by Crippen LogP contribution is 2.40. The summed E-state index contributed by atoms with van der Waals surface area (Å²) in [5.74, 6) is -2.67. The van der Waals surface area contributed by atoms with Crippen molar-refractivity contribution in [3.8, 4) is 0 Å². The first-order chi connectivity index (χ1) is 7.30. The second-order valence-corrected chi connectivity index (χ2v) is 4.35. The first-order valence-corrected chi connectivity index (χ1v) is 5.28. The van der Waals surface area contributed by atoms with Crippen molar-refractivity contribution in [3.63, 3.8) is 0 Å². The molecule has 1 fully saturated rings. The lowest BCUT2D eigenvalue weighted by Gasteiger charge is -2.30. The van der Waals surface area contributed by atoms with Gasteiger partial charge in [0.05, 0.1) is 5.92 Å². The summed E-state index contributed by atoms with van der Waals surface area (Å²) in [4.78, 5) is 10.4. The van der Waals surface area contributed by atoms with E-state index >= 15 is 0 Å². The van der Waals surface area contributed by atoms with E-state index in [1.807, 2.05) is 0 Å². The molecule has 1 unspecified atom stereocenters. The Hall–Kier alpha value is -0.780. The highest BCUT2D eigenvalue weighted by molar-refractivity contribution is 5.71. The molecule has 1 aliphatic carbocycles. The molecule has 1 atom stereocenters. The molecule has 0 bridgehead atoms. The Bertz CT molecular complexity index is 244. The third-order valence-electron chi connectivity index (χ3n) is 3.15. The first-order valence-electron chi connectivity index (χ1n) is 5.28. The quantitative estimate of drug-likeness (QED) is 0.795. The zero-order valence-electron chi connectivity index (χ0n) is 8.70. The van der Waals surface area contributed by atoms with E-state index in [4.69, 9.17) is 10.2 Å². The van der Waals surface area contributed by atoms with Gasteiger partial charge in [-0.25, -0.2) is 4.79 Å². The van der Waals surface area contributed by atoms with E-state index in [0.29, 0.717) is 12.8 Å². The lowest BCUT2D eigenvalue weighted by atomic mass is 9.79. The van der Waals surface area contributed by atoms with Gasteiger partial charge in [-0.3, -0.25) is 0 Å². The molecule has 0 aliphatic heterocycles. The van der Waals surface area contributed by atoms with Gasteiger partial charge in [0.1, 0.15) is 0 Å². The fraction of sp³-hybridized carbons (Fsp3) is 0.900. The van der Waals surface area contributed by atoms with Crippen molar-refractivity contribution in [2.45, 2.75) is 44.4 Å². The Kier molecular flexibility index (Phi) is 4.18. The number of carboxylic acid groups (broad SMARTS) is 1. The Labute approximate surface area is 91.3 Å². The van der Waals surface area contributed by atoms with Gasteiger partial charge in [0.25, 0.3) is 0 Å². The zero-order valence-corrected chi connectivity index (χ0v) is 8.70. The average Bonchev–Trinajstić information content (AvgIpc) is 2.17. The minimum atomic E-state index is -4.14. The summed E-state index contributed by atoms with van der Waals surface area (Å²) in [6.07, 6.45) is -4.77. The Morgan fingerprint density at radius 2 is 1.75 bits per heavy atom. The van der Waals surface area contributed by atoms with Crippen LogP contribution in [0, 0.1) is 11.8 Å². The van der Waals surface area contributed by atoms with Crippen molar-refractivity contribution in [1.82, 2.24) is 0 Å². The van der Waals surface area contributed by atoms with Crippen LogP contribution in [-0.4, -0.2) is 28.5 Å². The highest BCUT2D eigenvalue weighted by atomic mass is 19.4. The fourth-order valence-corrected chi connectivity index (χ4v) is 2.14. The molecule has 6 heteroatoms. The molecule has 0 amide bonds. The van der Waals surface area contributed by atoms with Crippen molar-refractivity contribution < 1.29 is 28.2 Å². The molecule has 0 aromatic heterocycles. The van der Waals surface area contributed by atoms with Gasteiger partial charge in [0.15, 0.2) is 6.10 Å². The molecular formula is C10H15F3O3. The van der Waals surface area contributed by atoms with Gasteiger partial charge in [-0.15, -0.1) is 0 Å². The summed E-state index contributed by atoms with van der Waals surface area (Å²) in [7, 11) is 0. The normalized spacial score (nSPS) is 28.8. The summed E-state index contributed by atoms with van der Waals surface area (Å²) in [5.41, 5.74) is 0. The maximum atomic E-state index is 12.3. The second kappa shape index (κ2) is 5.03. The van der Waals surface area contributed by atoms with Crippen LogP contribution in [0.1, 0.15) is 32.1 Å². The molecule has 16 heavy (non-hydrogen) atoms. The monoisotopic (exact) mass is 240 g/mol. The number of carboxylic acids is 1. The van der Waals surface area contributed by atoms with Gasteiger partial charge in [-0.2, -0.15) is 13.2 Å². The van der Waals surface area contributed by atoms with Crippen LogP contribution in [0.4, 0.5) is 13.2 Å². The van der Waals surface area contributed by atoms with E-state index in [1.165, 1.54) is 0 Å². The second-order valence-electron chi connectivity index (χ2n) is 4.35. The van der Waals surface area contributed by atoms with E-state index < -0.39 is 24.2 Å². The summed E-state index contributed by atoms with van der Waals surface area (Å²) in [6, 6.07) is 0. The van der Waals surface area contributed by atoms with Crippen LogP contribution in [0.3, 0.4) is 0 Å². The summed E-state index contributed by atoms with van der Waals surface area (Å²) < 4.78 is 36.9. The van der Waals surface area contributed by atoms with Crippen LogP contribution < -0.4 is 0 Å². The molecular weight excluding hydrogens is 225 g/mol. The van der Waals surface area contributed by atoms with E-state index in [1.54, 1.807) is 0 Å². The molecule has 94 valence electrons. The maximum absolute atomic E-state index is 12.3. The van der Waals surface area contributed by atoms with Crippen molar-refractivity contribution in [3.05, 3.63) is 0 Å². The summed E-state index contributed by atoms with van der Waals surface area (Å²) in [5, 5.41) is 17.5. The summed E-state index contributed by atoms with van der Waals surface area (Å²) >= 11 is 0. The first kappa shape index (κ1) is 13.3. The van der Waals surface area contributed by atoms with Crippen molar-refractivity contribution in [2.24, 2.45) is 11.8 Å². The largest absolute Gasteiger partial charge is 0.479 e. The van der Waals surface area contributed by atoms with Gasteiger partial charge in [0.2, 0.25) is 0 Å². The van der Waals surface area contributed by atoms with Crippen molar-refractivity contribution >= 4 is 5.97 Å². The fourth-order valence-electron chi connectivity index (χ4n) is 2.14. The van der Waals surface area contributed by atoms with Crippen molar-refractivity contribution in [1.29, 1.82) is 0 Å².